The maximum Gasteiger partial charge on any atom is 0.218 e. The number of rotatable bonds is 8. The third-order valence-corrected chi connectivity index (χ3v) is 5.76. The van der Waals surface area contributed by atoms with Gasteiger partial charge in [0.05, 0.1) is 13.2 Å². The number of anilines is 1. The van der Waals surface area contributed by atoms with Gasteiger partial charge in [0.1, 0.15) is 21.4 Å². The summed E-state index contributed by atoms with van der Waals surface area (Å²) in [6.07, 6.45) is 2.96. The van der Waals surface area contributed by atoms with Gasteiger partial charge in [-0.05, 0) is 45.7 Å². The molecule has 0 saturated heterocycles. The molecule has 0 bridgehead atoms. The third-order valence-electron chi connectivity index (χ3n) is 4.92. The van der Waals surface area contributed by atoms with Crippen LogP contribution >= 0.6 is 11.3 Å². The molecule has 0 spiro atoms. The molecule has 4 rings (SSSR count). The molecule has 0 unspecified atom stereocenters. The molecule has 0 amide bonds. The highest BCUT2D eigenvalue weighted by Gasteiger charge is 2.40. The lowest BCUT2D eigenvalue weighted by Crippen LogP contribution is -2.21. The van der Waals surface area contributed by atoms with Crippen molar-refractivity contribution in [2.45, 2.75) is 52.2 Å². The van der Waals surface area contributed by atoms with Gasteiger partial charge in [-0.2, -0.15) is 4.98 Å². The second-order valence-corrected chi connectivity index (χ2v) is 9.48. The Bertz CT molecular complexity index is 1020. The van der Waals surface area contributed by atoms with Crippen molar-refractivity contribution in [1.82, 2.24) is 25.1 Å². The molecule has 3 aromatic heterocycles. The molecule has 1 saturated carbocycles. The van der Waals surface area contributed by atoms with Crippen molar-refractivity contribution < 1.29 is 9.84 Å². The summed E-state index contributed by atoms with van der Waals surface area (Å²) >= 11 is 1.53. The summed E-state index contributed by atoms with van der Waals surface area (Å²) in [5.41, 5.74) is 1.10. The third kappa shape index (κ3) is 5.09. The van der Waals surface area contributed by atoms with Crippen LogP contribution in [0.25, 0.3) is 0 Å². The number of ether oxygens (including phenoxy) is 1. The first-order valence-corrected chi connectivity index (χ1v) is 10.8. The first-order chi connectivity index (χ1) is 14.3. The van der Waals surface area contributed by atoms with Crippen molar-refractivity contribution >= 4 is 17.2 Å². The van der Waals surface area contributed by atoms with Crippen molar-refractivity contribution in [3.63, 3.8) is 0 Å². The van der Waals surface area contributed by atoms with Crippen LogP contribution in [0.1, 0.15) is 53.3 Å². The van der Waals surface area contributed by atoms with E-state index in [1.54, 1.807) is 19.9 Å². The number of pyridine rings is 1. The van der Waals surface area contributed by atoms with Gasteiger partial charge in [0, 0.05) is 29.8 Å². The summed E-state index contributed by atoms with van der Waals surface area (Å²) in [4.78, 5) is 13.4. The summed E-state index contributed by atoms with van der Waals surface area (Å²) in [6.45, 7) is 8.32. The van der Waals surface area contributed by atoms with E-state index in [-0.39, 0.29) is 0 Å². The molecule has 2 N–H and O–H groups in total. The number of nitrogens with zero attached hydrogens (tertiary/aromatic N) is 5. The predicted octanol–water partition coefficient (Wildman–Crippen LogP) is 3.36. The van der Waals surface area contributed by atoms with Gasteiger partial charge in [0.15, 0.2) is 5.82 Å². The van der Waals surface area contributed by atoms with E-state index in [4.69, 9.17) is 4.74 Å². The van der Waals surface area contributed by atoms with Gasteiger partial charge in [0.25, 0.3) is 0 Å². The summed E-state index contributed by atoms with van der Waals surface area (Å²) in [6, 6.07) is 5.94. The largest absolute Gasteiger partial charge is 0.477 e. The minimum atomic E-state index is -1.18. The van der Waals surface area contributed by atoms with Gasteiger partial charge < -0.3 is 15.2 Å². The number of aromatic nitrogens is 5. The van der Waals surface area contributed by atoms with E-state index < -0.39 is 5.60 Å². The number of aliphatic hydroxyl groups is 1. The molecule has 158 valence electrons. The van der Waals surface area contributed by atoms with E-state index in [0.717, 1.165) is 27.7 Å². The van der Waals surface area contributed by atoms with Crippen LogP contribution in [0.3, 0.4) is 0 Å². The van der Waals surface area contributed by atoms with Gasteiger partial charge in [-0.25, -0.2) is 4.98 Å². The zero-order chi connectivity index (χ0) is 21.3. The van der Waals surface area contributed by atoms with E-state index in [0.29, 0.717) is 42.5 Å². The fraction of sp³-hybridized carbons (Fsp3) is 0.476. The van der Waals surface area contributed by atoms with Crippen LogP contribution in [-0.4, -0.2) is 36.9 Å². The minimum absolute atomic E-state index is 0.309. The number of hydrogen-bond acceptors (Lipinski definition) is 9. The average molecular weight is 427 g/mol. The van der Waals surface area contributed by atoms with Crippen molar-refractivity contribution in [2.24, 2.45) is 5.92 Å². The molecule has 1 aliphatic rings. The topological polar surface area (TPSA) is 106 Å². The molecule has 9 heteroatoms. The molecular formula is C21H26N6O2S. The Hall–Kier alpha value is -2.65. The molecule has 30 heavy (non-hydrogen) atoms. The van der Waals surface area contributed by atoms with Gasteiger partial charge in [-0.1, -0.05) is 17.4 Å². The van der Waals surface area contributed by atoms with E-state index in [1.165, 1.54) is 11.3 Å². The molecule has 1 fully saturated rings. The van der Waals surface area contributed by atoms with Crippen molar-refractivity contribution in [2.75, 3.05) is 11.9 Å². The van der Waals surface area contributed by atoms with Gasteiger partial charge >= 0.3 is 0 Å². The maximum atomic E-state index is 10.4. The number of nitrogens with one attached hydrogen (secondary N) is 1. The monoisotopic (exact) mass is 426 g/mol. The molecule has 8 nitrogen and oxygen atoms in total. The van der Waals surface area contributed by atoms with Crippen LogP contribution in [0.2, 0.25) is 0 Å². The fourth-order valence-corrected chi connectivity index (χ4v) is 3.77. The lowest BCUT2D eigenvalue weighted by Gasteiger charge is -2.18. The summed E-state index contributed by atoms with van der Waals surface area (Å²) < 4.78 is 5.98. The minimum Gasteiger partial charge on any atom is -0.477 e. The van der Waals surface area contributed by atoms with E-state index in [9.17, 15) is 5.11 Å². The van der Waals surface area contributed by atoms with Gasteiger partial charge in [0.2, 0.25) is 5.88 Å². The Labute approximate surface area is 179 Å². The summed E-state index contributed by atoms with van der Waals surface area (Å²) in [5.74, 6) is 2.18. The normalized spacial score (nSPS) is 18.3. The molecule has 3 aromatic rings. The van der Waals surface area contributed by atoms with E-state index in [2.05, 4.69) is 42.6 Å². The molecule has 1 aliphatic carbocycles. The first kappa shape index (κ1) is 20.6. The van der Waals surface area contributed by atoms with Crippen LogP contribution < -0.4 is 10.1 Å². The quantitative estimate of drug-likeness (QED) is 0.565. The predicted molar refractivity (Wildman–Crippen MR) is 115 cm³/mol. The zero-order valence-electron chi connectivity index (χ0n) is 17.6. The van der Waals surface area contributed by atoms with Crippen LogP contribution in [0, 0.1) is 19.8 Å². The van der Waals surface area contributed by atoms with E-state index >= 15 is 0 Å². The van der Waals surface area contributed by atoms with Crippen molar-refractivity contribution in [3.8, 4) is 5.88 Å². The first-order valence-electron chi connectivity index (χ1n) is 9.98. The molecule has 0 aliphatic heterocycles. The summed E-state index contributed by atoms with van der Waals surface area (Å²) in [5, 5.41) is 23.5. The van der Waals surface area contributed by atoms with Crippen LogP contribution in [0.4, 0.5) is 5.82 Å². The van der Waals surface area contributed by atoms with Crippen molar-refractivity contribution in [3.05, 3.63) is 51.5 Å². The highest BCUT2D eigenvalue weighted by molar-refractivity contribution is 7.11. The standard InChI is InChI=1S/C21H26N6O2S/c1-12-5-6-16(22-9-12)15-7-14(15)11-29-18-8-17(24-20(25-18)21(3,4)28)23-10-19-27-26-13(2)30-19/h5-6,8-9,14-15,28H,7,10-11H2,1-4H3,(H,23,24,25)/t14-,15+/m0/s1. The smallest absolute Gasteiger partial charge is 0.218 e. The second-order valence-electron chi connectivity index (χ2n) is 8.22. The SMILES string of the molecule is Cc1ccc([C@@H]2C[C@H]2COc2cc(NCc3nnc(C)s3)nc(C(C)(C)O)n2)nc1. The average Bonchev–Trinajstić information content (AvgIpc) is 3.36. The van der Waals surface area contributed by atoms with Crippen LogP contribution in [0.5, 0.6) is 5.88 Å². The highest BCUT2D eigenvalue weighted by Crippen LogP contribution is 2.46. The summed E-state index contributed by atoms with van der Waals surface area (Å²) in [7, 11) is 0. The number of hydrogen-bond donors (Lipinski definition) is 2. The zero-order valence-corrected chi connectivity index (χ0v) is 18.4. The van der Waals surface area contributed by atoms with E-state index in [1.807, 2.05) is 20.0 Å². The fourth-order valence-electron chi connectivity index (χ4n) is 3.12. The Morgan fingerprint density at radius 3 is 2.73 bits per heavy atom. The molecule has 3 heterocycles. The Morgan fingerprint density at radius 1 is 1.23 bits per heavy atom. The van der Waals surface area contributed by atoms with Crippen molar-refractivity contribution in [1.29, 1.82) is 0 Å². The highest BCUT2D eigenvalue weighted by atomic mass is 32.1. The lowest BCUT2D eigenvalue weighted by atomic mass is 10.1. The Balaban J connectivity index is 1.42. The maximum absolute atomic E-state index is 10.4. The Morgan fingerprint density at radius 2 is 2.07 bits per heavy atom. The van der Waals surface area contributed by atoms with Gasteiger partial charge in [-0.3, -0.25) is 4.98 Å². The molecule has 0 aromatic carbocycles. The van der Waals surface area contributed by atoms with Crippen LogP contribution in [0.15, 0.2) is 24.4 Å². The molecular weight excluding hydrogens is 400 g/mol. The molecule has 2 atom stereocenters. The second kappa shape index (κ2) is 8.23. The van der Waals surface area contributed by atoms with Gasteiger partial charge in [-0.15, -0.1) is 10.2 Å². The van der Waals surface area contributed by atoms with Crippen LogP contribution in [-0.2, 0) is 12.1 Å². The molecule has 0 radical (unpaired) electrons. The lowest BCUT2D eigenvalue weighted by molar-refractivity contribution is 0.0678. The number of aryl methyl sites for hydroxylation is 2. The Kier molecular flexibility index (Phi) is 5.66.